The zero-order valence-electron chi connectivity index (χ0n) is 8.00. The van der Waals surface area contributed by atoms with Crippen molar-refractivity contribution in [2.24, 2.45) is 5.73 Å². The molecule has 1 saturated carbocycles. The van der Waals surface area contributed by atoms with Gasteiger partial charge in [-0.3, -0.25) is 0 Å². The van der Waals surface area contributed by atoms with Gasteiger partial charge in [0.05, 0.1) is 0 Å². The Bertz CT molecular complexity index is 333. The molecule has 0 aliphatic heterocycles. The van der Waals surface area contributed by atoms with Crippen molar-refractivity contribution in [2.75, 3.05) is 0 Å². The molecule has 0 unspecified atom stereocenters. The summed E-state index contributed by atoms with van der Waals surface area (Å²) in [4.78, 5) is 1.34. The maximum Gasteiger partial charge on any atom is 0.0411 e. The molecule has 1 aliphatic rings. The van der Waals surface area contributed by atoms with Gasteiger partial charge < -0.3 is 5.73 Å². The van der Waals surface area contributed by atoms with E-state index in [1.54, 1.807) is 16.9 Å². The molecule has 0 spiro atoms. The average molecular weight is 272 g/mol. The second-order valence-corrected chi connectivity index (χ2v) is 5.57. The zero-order valence-corrected chi connectivity index (χ0v) is 10.4. The molecule has 0 radical (unpaired) electrons. The summed E-state index contributed by atoms with van der Waals surface area (Å²) in [7, 11) is 0. The predicted octanol–water partition coefficient (Wildman–Crippen LogP) is 3.80. The van der Waals surface area contributed by atoms with Gasteiger partial charge in [-0.25, -0.2) is 0 Å². The quantitative estimate of drug-likeness (QED) is 0.826. The summed E-state index contributed by atoms with van der Waals surface area (Å²) in [6.45, 7) is 0. The molecule has 3 heteroatoms. The highest BCUT2D eigenvalue weighted by atomic mass is 79.9. The Labute approximate surface area is 97.1 Å². The number of hydrogen-bond donors (Lipinski definition) is 1. The van der Waals surface area contributed by atoms with E-state index in [0.717, 1.165) is 12.8 Å². The lowest BCUT2D eigenvalue weighted by atomic mass is 9.91. The van der Waals surface area contributed by atoms with Crippen molar-refractivity contribution in [2.45, 2.75) is 31.7 Å². The maximum atomic E-state index is 5.87. The van der Waals surface area contributed by atoms with Crippen LogP contribution in [-0.2, 0) is 0 Å². The minimum Gasteiger partial charge on any atom is -0.328 e. The van der Waals surface area contributed by atoms with Gasteiger partial charge in [0.1, 0.15) is 0 Å². The van der Waals surface area contributed by atoms with Crippen LogP contribution in [0.2, 0.25) is 0 Å². The van der Waals surface area contributed by atoms with E-state index in [4.69, 9.17) is 5.73 Å². The first-order chi connectivity index (χ1) is 6.75. The normalized spacial score (nSPS) is 22.4. The highest BCUT2D eigenvalue weighted by Gasteiger charge is 2.12. The van der Waals surface area contributed by atoms with Crippen LogP contribution in [0.25, 0.3) is 6.08 Å². The molecule has 1 aromatic rings. The molecule has 1 aromatic heterocycles. The van der Waals surface area contributed by atoms with Crippen molar-refractivity contribution in [3.8, 4) is 0 Å². The zero-order chi connectivity index (χ0) is 9.97. The molecule has 2 rings (SSSR count). The standard InChI is InChI=1S/C11H14BrNS/c12-10-5-6-14-11(10)7-8-1-3-9(13)4-2-8/h5-7,9H,1-4,13H2. The van der Waals surface area contributed by atoms with Crippen LogP contribution in [-0.4, -0.2) is 6.04 Å². The third-order valence-corrected chi connectivity index (χ3v) is 4.47. The SMILES string of the molecule is NC1CCC(=Cc2sccc2Br)CC1. The van der Waals surface area contributed by atoms with Crippen LogP contribution >= 0.6 is 27.3 Å². The van der Waals surface area contributed by atoms with E-state index in [0.29, 0.717) is 6.04 Å². The fourth-order valence-electron chi connectivity index (χ4n) is 1.75. The fraction of sp³-hybridized carbons (Fsp3) is 0.455. The molecule has 14 heavy (non-hydrogen) atoms. The van der Waals surface area contributed by atoms with E-state index >= 15 is 0 Å². The lowest BCUT2D eigenvalue weighted by molar-refractivity contribution is 0.514. The molecule has 76 valence electrons. The summed E-state index contributed by atoms with van der Waals surface area (Å²) in [5.41, 5.74) is 7.42. The van der Waals surface area contributed by atoms with Gasteiger partial charge >= 0.3 is 0 Å². The van der Waals surface area contributed by atoms with Gasteiger partial charge in [-0.1, -0.05) is 5.57 Å². The summed E-state index contributed by atoms with van der Waals surface area (Å²) in [6.07, 6.45) is 6.96. The smallest absolute Gasteiger partial charge is 0.0411 e. The molecule has 1 heterocycles. The van der Waals surface area contributed by atoms with Crippen molar-refractivity contribution in [1.82, 2.24) is 0 Å². The summed E-state index contributed by atoms with van der Waals surface area (Å²) >= 11 is 5.34. The first kappa shape index (κ1) is 10.4. The minimum absolute atomic E-state index is 0.430. The number of thiophene rings is 1. The van der Waals surface area contributed by atoms with E-state index in [1.807, 2.05) is 0 Å². The van der Waals surface area contributed by atoms with Gasteiger partial charge in [0.2, 0.25) is 0 Å². The van der Waals surface area contributed by atoms with E-state index in [-0.39, 0.29) is 0 Å². The van der Waals surface area contributed by atoms with Crippen molar-refractivity contribution >= 4 is 33.3 Å². The monoisotopic (exact) mass is 271 g/mol. The number of halogens is 1. The molecular weight excluding hydrogens is 258 g/mol. The maximum absolute atomic E-state index is 5.87. The molecule has 0 aromatic carbocycles. The van der Waals surface area contributed by atoms with Crippen molar-refractivity contribution in [1.29, 1.82) is 0 Å². The highest BCUT2D eigenvalue weighted by Crippen LogP contribution is 2.29. The van der Waals surface area contributed by atoms with Crippen molar-refractivity contribution in [3.63, 3.8) is 0 Å². The highest BCUT2D eigenvalue weighted by molar-refractivity contribution is 9.10. The Hall–Kier alpha value is -0.120. The summed E-state index contributed by atoms with van der Waals surface area (Å²) in [5.74, 6) is 0. The second-order valence-electron chi connectivity index (χ2n) is 3.77. The molecule has 1 nitrogen and oxygen atoms in total. The Kier molecular flexibility index (Phi) is 3.42. The average Bonchev–Trinajstić information content (AvgIpc) is 2.56. The van der Waals surface area contributed by atoms with Crippen LogP contribution < -0.4 is 5.73 Å². The van der Waals surface area contributed by atoms with Crippen LogP contribution in [0.15, 0.2) is 21.5 Å². The van der Waals surface area contributed by atoms with Crippen LogP contribution in [0.5, 0.6) is 0 Å². The Morgan fingerprint density at radius 2 is 2.14 bits per heavy atom. The van der Waals surface area contributed by atoms with E-state index in [9.17, 15) is 0 Å². The lowest BCUT2D eigenvalue weighted by Crippen LogP contribution is -2.23. The summed E-state index contributed by atoms with van der Waals surface area (Å²) < 4.78 is 1.21. The van der Waals surface area contributed by atoms with Crippen LogP contribution in [0.4, 0.5) is 0 Å². The van der Waals surface area contributed by atoms with Crippen molar-refractivity contribution < 1.29 is 0 Å². The molecular formula is C11H14BrNS. The van der Waals surface area contributed by atoms with Gasteiger partial charge in [-0.05, 0) is 59.1 Å². The summed E-state index contributed by atoms with van der Waals surface area (Å²) in [6, 6.07) is 2.53. The Morgan fingerprint density at radius 1 is 1.43 bits per heavy atom. The van der Waals surface area contributed by atoms with Crippen molar-refractivity contribution in [3.05, 3.63) is 26.4 Å². The van der Waals surface area contributed by atoms with Gasteiger partial charge in [-0.2, -0.15) is 0 Å². The molecule has 2 N–H and O–H groups in total. The number of hydrogen-bond acceptors (Lipinski definition) is 2. The van der Waals surface area contributed by atoms with Crippen LogP contribution in [0, 0.1) is 0 Å². The van der Waals surface area contributed by atoms with E-state index in [1.165, 1.54) is 22.2 Å². The Morgan fingerprint density at radius 3 is 2.71 bits per heavy atom. The topological polar surface area (TPSA) is 26.0 Å². The number of nitrogens with two attached hydrogens (primary N) is 1. The minimum atomic E-state index is 0.430. The first-order valence-corrected chi connectivity index (χ1v) is 6.61. The van der Waals surface area contributed by atoms with Gasteiger partial charge in [0.15, 0.2) is 0 Å². The first-order valence-electron chi connectivity index (χ1n) is 4.94. The molecule has 0 amide bonds. The van der Waals surface area contributed by atoms with Crippen LogP contribution in [0.3, 0.4) is 0 Å². The van der Waals surface area contributed by atoms with E-state index in [2.05, 4.69) is 33.5 Å². The molecule has 0 saturated heterocycles. The van der Waals surface area contributed by atoms with Gasteiger partial charge in [0.25, 0.3) is 0 Å². The molecule has 0 atom stereocenters. The van der Waals surface area contributed by atoms with Crippen LogP contribution in [0.1, 0.15) is 30.6 Å². The van der Waals surface area contributed by atoms with Gasteiger partial charge in [0, 0.05) is 15.4 Å². The second kappa shape index (κ2) is 4.60. The number of rotatable bonds is 1. The number of allylic oxidation sites excluding steroid dienone is 1. The third kappa shape index (κ3) is 2.47. The molecule has 0 bridgehead atoms. The van der Waals surface area contributed by atoms with E-state index < -0.39 is 0 Å². The fourth-order valence-corrected chi connectivity index (χ4v) is 3.22. The van der Waals surface area contributed by atoms with Gasteiger partial charge in [-0.15, -0.1) is 11.3 Å². The molecule has 1 fully saturated rings. The molecule has 1 aliphatic carbocycles. The lowest BCUT2D eigenvalue weighted by Gasteiger charge is -2.19. The Balaban J connectivity index is 2.08. The predicted molar refractivity (Wildman–Crippen MR) is 66.4 cm³/mol. The largest absolute Gasteiger partial charge is 0.328 e. The third-order valence-electron chi connectivity index (χ3n) is 2.65. The summed E-state index contributed by atoms with van der Waals surface area (Å²) in [5, 5.41) is 2.12.